The van der Waals surface area contributed by atoms with Crippen molar-refractivity contribution in [3.8, 4) is 17.2 Å². The smallest absolute Gasteiger partial charge is 0.416 e. The molecule has 1 heterocycles. The van der Waals surface area contributed by atoms with Crippen LogP contribution in [0.15, 0.2) is 64.0 Å². The molecule has 0 aliphatic carbocycles. The van der Waals surface area contributed by atoms with Crippen molar-refractivity contribution in [3.05, 3.63) is 86.2 Å². The largest absolute Gasteiger partial charge is 0.495 e. The van der Waals surface area contributed by atoms with Crippen molar-refractivity contribution in [2.45, 2.75) is 19.7 Å². The number of aryl methyl sites for hydroxylation is 1. The average Bonchev–Trinajstić information content (AvgIpc) is 3.19. The molecule has 1 N–H and O–H groups in total. The molecule has 4 rings (SSSR count). The Morgan fingerprint density at radius 2 is 1.71 bits per heavy atom. The molecular weight excluding hydrogens is 641 g/mol. The lowest BCUT2D eigenvalue weighted by Crippen LogP contribution is -2.36. The average molecular weight is 665 g/mol. The highest BCUT2D eigenvalue weighted by molar-refractivity contribution is 9.10. The van der Waals surface area contributed by atoms with E-state index in [1.54, 1.807) is 12.1 Å². The summed E-state index contributed by atoms with van der Waals surface area (Å²) in [5.74, 6) is -0.792. The van der Waals surface area contributed by atoms with Gasteiger partial charge in [-0.05, 0) is 82.2 Å². The van der Waals surface area contributed by atoms with Crippen molar-refractivity contribution in [2.24, 2.45) is 0 Å². The monoisotopic (exact) mass is 664 g/mol. The molecule has 3 aromatic carbocycles. The first-order valence-electron chi connectivity index (χ1n) is 12.3. The molecule has 1 aliphatic heterocycles. The molecule has 1 saturated heterocycles. The third kappa shape index (κ3) is 7.26. The van der Waals surface area contributed by atoms with Crippen LogP contribution in [-0.2, 0) is 22.4 Å². The lowest BCUT2D eigenvalue weighted by Gasteiger charge is -2.16. The molecule has 1 aliphatic rings. The van der Waals surface area contributed by atoms with Gasteiger partial charge in [0.05, 0.1) is 34.8 Å². The second-order valence-corrected chi connectivity index (χ2v) is 10.9. The number of methoxy groups -OCH3 is 2. The van der Waals surface area contributed by atoms with E-state index in [0.717, 1.165) is 23.3 Å². The molecular formula is C29H24BrF3N2O6S. The van der Waals surface area contributed by atoms with Crippen LogP contribution in [0.2, 0.25) is 0 Å². The number of amides is 3. The lowest BCUT2D eigenvalue weighted by atomic mass is 10.1. The molecule has 3 aromatic rings. The second kappa shape index (κ2) is 12.9. The zero-order valence-electron chi connectivity index (χ0n) is 22.5. The van der Waals surface area contributed by atoms with E-state index in [0.29, 0.717) is 50.9 Å². The number of ether oxygens (including phenoxy) is 3. The quantitative estimate of drug-likeness (QED) is 0.245. The highest BCUT2D eigenvalue weighted by atomic mass is 79.9. The maximum Gasteiger partial charge on any atom is 0.416 e. The number of nitrogens with one attached hydrogen (secondary N) is 1. The van der Waals surface area contributed by atoms with Gasteiger partial charge in [0.1, 0.15) is 18.9 Å². The molecule has 0 bridgehead atoms. The molecule has 0 atom stereocenters. The predicted octanol–water partition coefficient (Wildman–Crippen LogP) is 7.05. The van der Waals surface area contributed by atoms with Crippen LogP contribution in [0.3, 0.4) is 0 Å². The highest BCUT2D eigenvalue weighted by Crippen LogP contribution is 2.40. The zero-order valence-corrected chi connectivity index (χ0v) is 24.9. The number of imide groups is 1. The summed E-state index contributed by atoms with van der Waals surface area (Å²) in [4.78, 5) is 39.0. The molecule has 8 nitrogen and oxygen atoms in total. The summed E-state index contributed by atoms with van der Waals surface area (Å²) in [6.07, 6.45) is -3.18. The number of rotatable bonds is 9. The van der Waals surface area contributed by atoms with E-state index < -0.39 is 35.3 Å². The summed E-state index contributed by atoms with van der Waals surface area (Å²) in [6, 6.07) is 13.8. The Kier molecular flexibility index (Phi) is 9.52. The summed E-state index contributed by atoms with van der Waals surface area (Å²) in [5, 5.41) is 1.58. The van der Waals surface area contributed by atoms with E-state index in [1.807, 2.05) is 31.2 Å². The first-order valence-corrected chi connectivity index (χ1v) is 13.9. The van der Waals surface area contributed by atoms with E-state index >= 15 is 0 Å². The highest BCUT2D eigenvalue weighted by Gasteiger charge is 2.37. The molecule has 220 valence electrons. The van der Waals surface area contributed by atoms with Gasteiger partial charge in [-0.3, -0.25) is 19.3 Å². The van der Waals surface area contributed by atoms with Gasteiger partial charge in [-0.1, -0.05) is 29.8 Å². The van der Waals surface area contributed by atoms with Crippen molar-refractivity contribution in [1.82, 2.24) is 4.90 Å². The third-order valence-corrected chi connectivity index (χ3v) is 7.53. The van der Waals surface area contributed by atoms with Crippen molar-refractivity contribution >= 4 is 56.5 Å². The topological polar surface area (TPSA) is 94.2 Å². The molecule has 0 unspecified atom stereocenters. The maximum atomic E-state index is 13.1. The maximum absolute atomic E-state index is 13.1. The third-order valence-electron chi connectivity index (χ3n) is 6.03. The van der Waals surface area contributed by atoms with E-state index in [9.17, 15) is 27.6 Å². The predicted molar refractivity (Wildman–Crippen MR) is 156 cm³/mol. The number of thioether (sulfide) groups is 1. The van der Waals surface area contributed by atoms with Crippen LogP contribution in [0.25, 0.3) is 6.08 Å². The Balaban J connectivity index is 1.48. The lowest BCUT2D eigenvalue weighted by molar-refractivity contribution is -0.137. The summed E-state index contributed by atoms with van der Waals surface area (Å²) in [6.45, 7) is 1.58. The first-order chi connectivity index (χ1) is 19.9. The van der Waals surface area contributed by atoms with Crippen LogP contribution in [0.4, 0.5) is 23.7 Å². The number of benzene rings is 3. The van der Waals surface area contributed by atoms with Crippen LogP contribution < -0.4 is 19.5 Å². The van der Waals surface area contributed by atoms with Gasteiger partial charge < -0.3 is 19.5 Å². The van der Waals surface area contributed by atoms with E-state index in [-0.39, 0.29) is 16.3 Å². The van der Waals surface area contributed by atoms with Crippen LogP contribution >= 0.6 is 27.7 Å². The molecule has 42 heavy (non-hydrogen) atoms. The normalized spacial score (nSPS) is 14.4. The molecule has 13 heteroatoms. The van der Waals surface area contributed by atoms with Crippen LogP contribution in [0.1, 0.15) is 22.3 Å². The van der Waals surface area contributed by atoms with Gasteiger partial charge in [0.25, 0.3) is 11.1 Å². The number of alkyl halides is 3. The van der Waals surface area contributed by atoms with Crippen molar-refractivity contribution < 1.29 is 41.8 Å². The van der Waals surface area contributed by atoms with Gasteiger partial charge in [-0.2, -0.15) is 13.2 Å². The summed E-state index contributed by atoms with van der Waals surface area (Å²) < 4.78 is 56.4. The van der Waals surface area contributed by atoms with Gasteiger partial charge in [0.2, 0.25) is 5.91 Å². The summed E-state index contributed by atoms with van der Waals surface area (Å²) >= 11 is 4.10. The minimum atomic E-state index is -4.65. The Labute approximate surface area is 251 Å². The zero-order chi connectivity index (χ0) is 30.6. The fourth-order valence-electron chi connectivity index (χ4n) is 3.91. The van der Waals surface area contributed by atoms with Gasteiger partial charge in [0, 0.05) is 0 Å². The molecule has 1 fully saturated rings. The van der Waals surface area contributed by atoms with E-state index in [4.69, 9.17) is 14.2 Å². The standard InChI is InChI=1S/C29H24BrF3N2O6S/c1-16-4-6-17(7-5-16)15-41-26-20(30)10-18(11-23(26)40-3)12-24-27(37)35(28(38)42-24)14-25(36)34-21-13-19(29(31,32)33)8-9-22(21)39-2/h4-13H,14-15H2,1-3H3,(H,34,36)/b24-12-. The van der Waals surface area contributed by atoms with Crippen molar-refractivity contribution in [1.29, 1.82) is 0 Å². The first kappa shape index (κ1) is 31.0. The van der Waals surface area contributed by atoms with Gasteiger partial charge in [-0.15, -0.1) is 0 Å². The molecule has 0 spiro atoms. The van der Waals surface area contributed by atoms with Gasteiger partial charge in [-0.25, -0.2) is 0 Å². The number of halogens is 4. The summed E-state index contributed by atoms with van der Waals surface area (Å²) in [5.41, 5.74) is 1.36. The number of carbonyl (C=O) groups excluding carboxylic acids is 3. The van der Waals surface area contributed by atoms with Gasteiger partial charge >= 0.3 is 6.18 Å². The van der Waals surface area contributed by atoms with Crippen LogP contribution in [-0.4, -0.2) is 42.7 Å². The van der Waals surface area contributed by atoms with E-state index in [1.165, 1.54) is 20.3 Å². The molecule has 0 aromatic heterocycles. The number of carbonyl (C=O) groups is 3. The minimum Gasteiger partial charge on any atom is -0.495 e. The Bertz CT molecular complexity index is 1560. The van der Waals surface area contributed by atoms with Crippen molar-refractivity contribution in [2.75, 3.05) is 26.1 Å². The number of anilines is 1. The fraction of sp³-hybridized carbons (Fsp3) is 0.207. The van der Waals surface area contributed by atoms with Crippen molar-refractivity contribution in [3.63, 3.8) is 0 Å². The Morgan fingerprint density at radius 1 is 1.02 bits per heavy atom. The number of nitrogens with zero attached hydrogens (tertiary/aromatic N) is 1. The SMILES string of the molecule is COc1ccc(C(F)(F)F)cc1NC(=O)CN1C(=O)S/C(=C\c2cc(Br)c(OCc3ccc(C)cc3)c(OC)c2)C1=O. The Hall–Kier alpha value is -3.97. The number of hydrogen-bond donors (Lipinski definition) is 1. The van der Waals surface area contributed by atoms with E-state index in [2.05, 4.69) is 21.2 Å². The van der Waals surface area contributed by atoms with Crippen LogP contribution in [0.5, 0.6) is 17.2 Å². The van der Waals surface area contributed by atoms with Crippen LogP contribution in [0, 0.1) is 6.92 Å². The van der Waals surface area contributed by atoms with Gasteiger partial charge in [0.15, 0.2) is 11.5 Å². The molecule has 0 radical (unpaired) electrons. The summed E-state index contributed by atoms with van der Waals surface area (Å²) in [7, 11) is 2.70. The Morgan fingerprint density at radius 3 is 2.36 bits per heavy atom. The second-order valence-electron chi connectivity index (χ2n) is 9.04. The molecule has 3 amide bonds. The minimum absolute atomic E-state index is 0.0174. The molecule has 0 saturated carbocycles. The number of hydrogen-bond acceptors (Lipinski definition) is 7. The fourth-order valence-corrected chi connectivity index (χ4v) is 5.32.